The number of carbonyl (C=O) groups is 2. The van der Waals surface area contributed by atoms with Gasteiger partial charge in [-0.25, -0.2) is 4.39 Å². The Balaban J connectivity index is 1.94. The molecule has 5 N–H and O–H groups in total. The molecule has 1 aliphatic carbocycles. The average Bonchev–Trinajstić information content (AvgIpc) is 2.38. The highest BCUT2D eigenvalue weighted by atomic mass is 19.1. The molecule has 1 fully saturated rings. The summed E-state index contributed by atoms with van der Waals surface area (Å²) in [4.78, 5) is 23.1. The molecule has 0 saturated heterocycles. The first-order valence-corrected chi connectivity index (χ1v) is 6.62. The molecule has 20 heavy (non-hydrogen) atoms. The number of anilines is 1. The fourth-order valence-corrected chi connectivity index (χ4v) is 2.53. The third kappa shape index (κ3) is 3.46. The van der Waals surface area contributed by atoms with Gasteiger partial charge in [0.2, 0.25) is 5.91 Å². The van der Waals surface area contributed by atoms with Gasteiger partial charge < -0.3 is 16.8 Å². The van der Waals surface area contributed by atoms with E-state index in [2.05, 4.69) is 5.32 Å². The molecule has 0 aromatic heterocycles. The minimum atomic E-state index is -0.535. The Hall–Kier alpha value is -2.11. The maximum atomic E-state index is 13.2. The summed E-state index contributed by atoms with van der Waals surface area (Å²) in [5.41, 5.74) is 11.2. The first-order chi connectivity index (χ1) is 9.45. The second kappa shape index (κ2) is 5.90. The molecule has 0 unspecified atom stereocenters. The third-order valence-electron chi connectivity index (χ3n) is 3.65. The van der Waals surface area contributed by atoms with E-state index in [0.29, 0.717) is 25.7 Å². The summed E-state index contributed by atoms with van der Waals surface area (Å²) >= 11 is 0. The smallest absolute Gasteiger partial charge is 0.251 e. The van der Waals surface area contributed by atoms with E-state index in [1.54, 1.807) is 0 Å². The topological polar surface area (TPSA) is 98.2 Å². The fourth-order valence-electron chi connectivity index (χ4n) is 2.53. The van der Waals surface area contributed by atoms with E-state index in [1.165, 1.54) is 6.07 Å². The lowest BCUT2D eigenvalue weighted by molar-refractivity contribution is -0.122. The zero-order valence-electron chi connectivity index (χ0n) is 11.1. The lowest BCUT2D eigenvalue weighted by atomic mass is 9.85. The van der Waals surface area contributed by atoms with Gasteiger partial charge in [-0.15, -0.1) is 0 Å². The molecule has 5 nitrogen and oxygen atoms in total. The van der Waals surface area contributed by atoms with Gasteiger partial charge in [-0.2, -0.15) is 0 Å². The second-order valence-corrected chi connectivity index (χ2v) is 5.20. The number of carbonyl (C=O) groups excluding carboxylic acids is 2. The number of primary amides is 1. The highest BCUT2D eigenvalue weighted by Crippen LogP contribution is 2.24. The van der Waals surface area contributed by atoms with E-state index in [4.69, 9.17) is 11.5 Å². The van der Waals surface area contributed by atoms with Gasteiger partial charge in [0, 0.05) is 23.2 Å². The van der Waals surface area contributed by atoms with Crippen molar-refractivity contribution in [2.75, 3.05) is 5.73 Å². The summed E-state index contributed by atoms with van der Waals surface area (Å²) in [5.74, 6) is -1.27. The zero-order chi connectivity index (χ0) is 14.7. The lowest BCUT2D eigenvalue weighted by Gasteiger charge is -2.27. The van der Waals surface area contributed by atoms with Crippen molar-refractivity contribution >= 4 is 17.5 Å². The van der Waals surface area contributed by atoms with E-state index in [0.717, 1.165) is 12.1 Å². The van der Waals surface area contributed by atoms with Crippen LogP contribution >= 0.6 is 0 Å². The molecule has 0 spiro atoms. The van der Waals surface area contributed by atoms with Crippen LogP contribution in [0.25, 0.3) is 0 Å². The largest absolute Gasteiger partial charge is 0.399 e. The van der Waals surface area contributed by atoms with Crippen molar-refractivity contribution in [1.29, 1.82) is 0 Å². The maximum Gasteiger partial charge on any atom is 0.251 e. The van der Waals surface area contributed by atoms with Gasteiger partial charge in [-0.05, 0) is 43.9 Å². The van der Waals surface area contributed by atoms with Crippen LogP contribution in [0.4, 0.5) is 10.1 Å². The van der Waals surface area contributed by atoms with Gasteiger partial charge in [-0.1, -0.05) is 0 Å². The molecule has 1 aromatic rings. The summed E-state index contributed by atoms with van der Waals surface area (Å²) < 4.78 is 13.2. The third-order valence-corrected chi connectivity index (χ3v) is 3.65. The Morgan fingerprint density at radius 2 is 1.80 bits per heavy atom. The molecule has 2 rings (SSSR count). The molecular weight excluding hydrogens is 261 g/mol. The van der Waals surface area contributed by atoms with E-state index < -0.39 is 5.82 Å². The minimum Gasteiger partial charge on any atom is -0.399 e. The van der Waals surface area contributed by atoms with Crippen LogP contribution in [-0.2, 0) is 4.79 Å². The van der Waals surface area contributed by atoms with Crippen LogP contribution in [-0.4, -0.2) is 17.9 Å². The van der Waals surface area contributed by atoms with Crippen LogP contribution in [0.15, 0.2) is 18.2 Å². The first-order valence-electron chi connectivity index (χ1n) is 6.62. The van der Waals surface area contributed by atoms with Crippen LogP contribution in [0.1, 0.15) is 36.0 Å². The Bertz CT molecular complexity index is 505. The Labute approximate surface area is 116 Å². The van der Waals surface area contributed by atoms with Gasteiger partial charge in [-0.3, -0.25) is 9.59 Å². The van der Waals surface area contributed by atoms with Gasteiger partial charge in [0.1, 0.15) is 5.82 Å². The fraction of sp³-hybridized carbons (Fsp3) is 0.429. The van der Waals surface area contributed by atoms with Crippen LogP contribution in [0.3, 0.4) is 0 Å². The summed E-state index contributed by atoms with van der Waals surface area (Å²) in [6, 6.07) is 3.74. The molecule has 108 valence electrons. The van der Waals surface area contributed by atoms with Crippen LogP contribution in [0.5, 0.6) is 0 Å². The van der Waals surface area contributed by atoms with Crippen LogP contribution < -0.4 is 16.8 Å². The Kier molecular flexibility index (Phi) is 4.22. The highest BCUT2D eigenvalue weighted by molar-refractivity contribution is 5.95. The molecule has 2 amide bonds. The lowest BCUT2D eigenvalue weighted by Crippen LogP contribution is -2.39. The molecule has 0 aliphatic heterocycles. The molecule has 1 aliphatic rings. The SMILES string of the molecule is NC(=O)C1CCC(NC(=O)c2cc(N)cc(F)c2)CC1. The molecule has 6 heteroatoms. The standard InChI is InChI=1S/C14H18FN3O2/c15-10-5-9(6-11(16)7-10)14(20)18-12-3-1-8(2-4-12)13(17)19/h5-8,12H,1-4,16H2,(H2,17,19)(H,18,20). The maximum absolute atomic E-state index is 13.2. The highest BCUT2D eigenvalue weighted by Gasteiger charge is 2.25. The van der Waals surface area contributed by atoms with Crippen molar-refractivity contribution in [3.05, 3.63) is 29.6 Å². The number of nitrogen functional groups attached to an aromatic ring is 1. The molecule has 0 atom stereocenters. The van der Waals surface area contributed by atoms with Crippen molar-refractivity contribution in [3.8, 4) is 0 Å². The predicted octanol–water partition coefficient (Wildman–Crippen LogP) is 1.18. The number of nitrogens with two attached hydrogens (primary N) is 2. The van der Waals surface area contributed by atoms with Crippen molar-refractivity contribution < 1.29 is 14.0 Å². The monoisotopic (exact) mass is 279 g/mol. The molecular formula is C14H18FN3O2. The quantitative estimate of drug-likeness (QED) is 0.724. The molecule has 1 aromatic carbocycles. The second-order valence-electron chi connectivity index (χ2n) is 5.20. The van der Waals surface area contributed by atoms with E-state index >= 15 is 0 Å². The number of halogens is 1. The van der Waals surface area contributed by atoms with Crippen molar-refractivity contribution in [2.24, 2.45) is 11.7 Å². The van der Waals surface area contributed by atoms with Crippen LogP contribution in [0, 0.1) is 11.7 Å². The summed E-state index contributed by atoms with van der Waals surface area (Å²) in [6.45, 7) is 0. The molecule has 0 bridgehead atoms. The van der Waals surface area contributed by atoms with Gasteiger partial charge in [0.15, 0.2) is 0 Å². The van der Waals surface area contributed by atoms with Crippen molar-refractivity contribution in [2.45, 2.75) is 31.7 Å². The number of amides is 2. The van der Waals surface area contributed by atoms with Gasteiger partial charge in [0.05, 0.1) is 0 Å². The number of benzene rings is 1. The number of hydrogen-bond acceptors (Lipinski definition) is 3. The normalized spacial score (nSPS) is 22.2. The van der Waals surface area contributed by atoms with E-state index in [-0.39, 0.29) is 35.0 Å². The summed E-state index contributed by atoms with van der Waals surface area (Å²) in [5, 5.41) is 2.84. The van der Waals surface area contributed by atoms with Crippen molar-refractivity contribution in [3.63, 3.8) is 0 Å². The van der Waals surface area contributed by atoms with Gasteiger partial charge >= 0.3 is 0 Å². The number of rotatable bonds is 3. The predicted molar refractivity (Wildman–Crippen MR) is 73.2 cm³/mol. The number of hydrogen-bond donors (Lipinski definition) is 3. The van der Waals surface area contributed by atoms with Crippen LogP contribution in [0.2, 0.25) is 0 Å². The Morgan fingerprint density at radius 1 is 1.15 bits per heavy atom. The Morgan fingerprint density at radius 3 is 2.35 bits per heavy atom. The minimum absolute atomic E-state index is 0.0115. The summed E-state index contributed by atoms with van der Waals surface area (Å²) in [6.07, 6.45) is 2.74. The summed E-state index contributed by atoms with van der Waals surface area (Å²) in [7, 11) is 0. The molecule has 1 saturated carbocycles. The average molecular weight is 279 g/mol. The van der Waals surface area contributed by atoms with Gasteiger partial charge in [0.25, 0.3) is 5.91 Å². The van der Waals surface area contributed by atoms with E-state index in [9.17, 15) is 14.0 Å². The van der Waals surface area contributed by atoms with E-state index in [1.807, 2.05) is 0 Å². The first kappa shape index (κ1) is 14.3. The zero-order valence-corrected chi connectivity index (χ0v) is 11.1. The van der Waals surface area contributed by atoms with Crippen molar-refractivity contribution in [1.82, 2.24) is 5.32 Å². The molecule has 0 radical (unpaired) electrons. The number of nitrogens with one attached hydrogen (secondary N) is 1. The molecule has 0 heterocycles.